The summed E-state index contributed by atoms with van der Waals surface area (Å²) in [5, 5.41) is 3.70. The van der Waals surface area contributed by atoms with Gasteiger partial charge in [0.2, 0.25) is 0 Å². The minimum absolute atomic E-state index is 0.704. The smallest absolute Gasteiger partial charge is 0.0271 e. The number of fused-ring (bicyclic) bond motifs is 1. The Morgan fingerprint density at radius 1 is 1.25 bits per heavy atom. The lowest BCUT2D eigenvalue weighted by molar-refractivity contribution is 0.298. The predicted octanol–water partition coefficient (Wildman–Crippen LogP) is 1.41. The molecule has 3 nitrogen and oxygen atoms in total. The molecule has 1 aromatic heterocycles. The Morgan fingerprint density at radius 2 is 2.12 bits per heavy atom. The summed E-state index contributed by atoms with van der Waals surface area (Å²) in [4.78, 5) is 6.69. The Morgan fingerprint density at radius 3 is 3.00 bits per heavy atom. The van der Waals surface area contributed by atoms with Gasteiger partial charge in [-0.1, -0.05) is 0 Å². The Balaban J connectivity index is 1.56. The third-order valence-corrected chi connectivity index (χ3v) is 3.92. The molecule has 2 fully saturated rings. The highest BCUT2D eigenvalue weighted by Crippen LogP contribution is 2.27. The first-order chi connectivity index (χ1) is 7.93. The molecular formula is C13H19N3. The second-order valence-electron chi connectivity index (χ2n) is 4.88. The van der Waals surface area contributed by atoms with E-state index in [9.17, 15) is 0 Å². The van der Waals surface area contributed by atoms with Crippen molar-refractivity contribution in [1.82, 2.24) is 15.2 Å². The zero-order valence-corrected chi connectivity index (χ0v) is 9.60. The molecule has 0 bridgehead atoms. The molecule has 2 atom stereocenters. The van der Waals surface area contributed by atoms with E-state index in [1.54, 1.807) is 0 Å². The van der Waals surface area contributed by atoms with Crippen LogP contribution in [0.15, 0.2) is 24.5 Å². The summed E-state index contributed by atoms with van der Waals surface area (Å²) < 4.78 is 0. The lowest BCUT2D eigenvalue weighted by Gasteiger charge is -2.21. The standard InChI is InChI=1S/C13H19N3/c1-2-13-12(5-9-16(13)8-1)15-10-11-3-6-14-7-4-11/h3-4,6-7,12-13,15H,1-2,5,8-10H2. The molecule has 2 unspecified atom stereocenters. The van der Waals surface area contributed by atoms with E-state index in [0.29, 0.717) is 6.04 Å². The first-order valence-electron chi connectivity index (χ1n) is 6.30. The van der Waals surface area contributed by atoms with E-state index in [2.05, 4.69) is 27.3 Å². The molecule has 0 aliphatic carbocycles. The molecular weight excluding hydrogens is 198 g/mol. The van der Waals surface area contributed by atoms with Crippen molar-refractivity contribution in [2.75, 3.05) is 13.1 Å². The summed E-state index contributed by atoms with van der Waals surface area (Å²) in [5.74, 6) is 0. The summed E-state index contributed by atoms with van der Waals surface area (Å²) in [6.45, 7) is 3.59. The first kappa shape index (κ1) is 10.2. The number of hydrogen-bond acceptors (Lipinski definition) is 3. The maximum absolute atomic E-state index is 4.04. The number of nitrogens with one attached hydrogen (secondary N) is 1. The Labute approximate surface area is 96.9 Å². The normalized spacial score (nSPS) is 29.5. The topological polar surface area (TPSA) is 28.2 Å². The van der Waals surface area contributed by atoms with Gasteiger partial charge in [-0.2, -0.15) is 0 Å². The van der Waals surface area contributed by atoms with Gasteiger partial charge < -0.3 is 5.32 Å². The SMILES string of the molecule is c1cc(CNC2CCN3CCCC23)ccn1. The van der Waals surface area contributed by atoms with Crippen LogP contribution in [-0.4, -0.2) is 35.1 Å². The number of aromatic nitrogens is 1. The molecule has 0 aromatic carbocycles. The van der Waals surface area contributed by atoms with Gasteiger partial charge in [-0.15, -0.1) is 0 Å². The molecule has 2 saturated heterocycles. The van der Waals surface area contributed by atoms with Crippen LogP contribution in [0.2, 0.25) is 0 Å². The zero-order valence-electron chi connectivity index (χ0n) is 9.60. The molecule has 86 valence electrons. The van der Waals surface area contributed by atoms with Gasteiger partial charge in [0.05, 0.1) is 0 Å². The van der Waals surface area contributed by atoms with Crippen LogP contribution in [0.1, 0.15) is 24.8 Å². The van der Waals surface area contributed by atoms with Crippen molar-refractivity contribution in [3.8, 4) is 0 Å². The molecule has 3 heteroatoms. The van der Waals surface area contributed by atoms with E-state index in [1.165, 1.54) is 37.9 Å². The number of nitrogens with zero attached hydrogens (tertiary/aromatic N) is 2. The summed E-state index contributed by atoms with van der Waals surface area (Å²) >= 11 is 0. The number of pyridine rings is 1. The van der Waals surface area contributed by atoms with E-state index >= 15 is 0 Å². The van der Waals surface area contributed by atoms with E-state index in [-0.39, 0.29) is 0 Å². The third-order valence-electron chi connectivity index (χ3n) is 3.92. The van der Waals surface area contributed by atoms with E-state index in [1.807, 2.05) is 12.4 Å². The molecule has 2 aliphatic heterocycles. The van der Waals surface area contributed by atoms with Crippen molar-refractivity contribution >= 4 is 0 Å². The molecule has 0 radical (unpaired) electrons. The Bertz CT molecular complexity index is 338. The molecule has 0 spiro atoms. The highest BCUT2D eigenvalue weighted by atomic mass is 15.2. The molecule has 0 saturated carbocycles. The number of hydrogen-bond donors (Lipinski definition) is 1. The van der Waals surface area contributed by atoms with Crippen LogP contribution in [0, 0.1) is 0 Å². The fourth-order valence-electron chi connectivity index (χ4n) is 3.07. The van der Waals surface area contributed by atoms with E-state index < -0.39 is 0 Å². The van der Waals surface area contributed by atoms with Crippen molar-refractivity contribution in [1.29, 1.82) is 0 Å². The monoisotopic (exact) mass is 217 g/mol. The van der Waals surface area contributed by atoms with Gasteiger partial charge >= 0.3 is 0 Å². The molecule has 0 amide bonds. The van der Waals surface area contributed by atoms with E-state index in [0.717, 1.165) is 12.6 Å². The lowest BCUT2D eigenvalue weighted by atomic mass is 10.1. The van der Waals surface area contributed by atoms with Crippen LogP contribution in [0.25, 0.3) is 0 Å². The van der Waals surface area contributed by atoms with Crippen LogP contribution in [0.5, 0.6) is 0 Å². The fourth-order valence-corrected chi connectivity index (χ4v) is 3.07. The van der Waals surface area contributed by atoms with Gasteiger partial charge in [-0.3, -0.25) is 9.88 Å². The summed E-state index contributed by atoms with van der Waals surface area (Å²) in [6, 6.07) is 5.69. The molecule has 1 N–H and O–H groups in total. The minimum Gasteiger partial charge on any atom is -0.308 e. The van der Waals surface area contributed by atoms with Gasteiger partial charge in [0.15, 0.2) is 0 Å². The largest absolute Gasteiger partial charge is 0.308 e. The van der Waals surface area contributed by atoms with Crippen LogP contribution >= 0.6 is 0 Å². The van der Waals surface area contributed by atoms with Crippen molar-refractivity contribution in [3.63, 3.8) is 0 Å². The molecule has 3 heterocycles. The Kier molecular flexibility index (Phi) is 2.89. The minimum atomic E-state index is 0.704. The van der Waals surface area contributed by atoms with Crippen molar-refractivity contribution in [3.05, 3.63) is 30.1 Å². The second kappa shape index (κ2) is 4.52. The number of rotatable bonds is 3. The third kappa shape index (κ3) is 1.97. The fraction of sp³-hybridized carbons (Fsp3) is 0.615. The molecule has 3 rings (SSSR count). The van der Waals surface area contributed by atoms with Crippen LogP contribution in [-0.2, 0) is 6.54 Å². The van der Waals surface area contributed by atoms with Crippen LogP contribution < -0.4 is 5.32 Å². The van der Waals surface area contributed by atoms with Crippen LogP contribution in [0.4, 0.5) is 0 Å². The summed E-state index contributed by atoms with van der Waals surface area (Å²) in [6.07, 6.45) is 7.82. The quantitative estimate of drug-likeness (QED) is 0.829. The van der Waals surface area contributed by atoms with Gasteiger partial charge in [-0.05, 0) is 43.5 Å². The average Bonchev–Trinajstić information content (AvgIpc) is 2.90. The first-order valence-corrected chi connectivity index (χ1v) is 6.30. The van der Waals surface area contributed by atoms with Crippen molar-refractivity contribution in [2.24, 2.45) is 0 Å². The van der Waals surface area contributed by atoms with Crippen LogP contribution in [0.3, 0.4) is 0 Å². The maximum atomic E-state index is 4.04. The van der Waals surface area contributed by atoms with Gasteiger partial charge in [0, 0.05) is 37.6 Å². The summed E-state index contributed by atoms with van der Waals surface area (Å²) in [5.41, 5.74) is 1.34. The molecule has 16 heavy (non-hydrogen) atoms. The lowest BCUT2D eigenvalue weighted by Crippen LogP contribution is -2.38. The molecule has 1 aromatic rings. The van der Waals surface area contributed by atoms with Crippen molar-refractivity contribution < 1.29 is 0 Å². The Hall–Kier alpha value is -0.930. The van der Waals surface area contributed by atoms with Crippen molar-refractivity contribution in [2.45, 2.75) is 37.9 Å². The van der Waals surface area contributed by atoms with E-state index in [4.69, 9.17) is 0 Å². The predicted molar refractivity (Wildman–Crippen MR) is 64.1 cm³/mol. The second-order valence-corrected chi connectivity index (χ2v) is 4.88. The highest BCUT2D eigenvalue weighted by molar-refractivity contribution is 5.10. The van der Waals surface area contributed by atoms with Gasteiger partial charge in [0.1, 0.15) is 0 Å². The summed E-state index contributed by atoms with van der Waals surface area (Å²) in [7, 11) is 0. The average molecular weight is 217 g/mol. The van der Waals surface area contributed by atoms with Gasteiger partial charge in [-0.25, -0.2) is 0 Å². The van der Waals surface area contributed by atoms with Gasteiger partial charge in [0.25, 0.3) is 0 Å². The highest BCUT2D eigenvalue weighted by Gasteiger charge is 2.36. The molecule has 2 aliphatic rings. The maximum Gasteiger partial charge on any atom is 0.0271 e. The zero-order chi connectivity index (χ0) is 10.8.